The van der Waals surface area contributed by atoms with Crippen molar-refractivity contribution >= 4 is 11.9 Å². The Morgan fingerprint density at radius 1 is 1.21 bits per heavy atom. The molecule has 0 radical (unpaired) electrons. The lowest BCUT2D eigenvalue weighted by Gasteiger charge is -2.07. The third-order valence-corrected chi connectivity index (χ3v) is 3.30. The van der Waals surface area contributed by atoms with Gasteiger partial charge in [-0.15, -0.1) is 0 Å². The maximum absolute atomic E-state index is 12.0. The first-order chi connectivity index (χ1) is 11.5. The number of rotatable bonds is 8. The quantitative estimate of drug-likeness (QED) is 0.720. The Bertz CT molecular complexity index is 704. The summed E-state index contributed by atoms with van der Waals surface area (Å²) in [6, 6.07) is 8.31. The van der Waals surface area contributed by atoms with E-state index in [1.54, 1.807) is 38.3 Å². The topological polar surface area (TPSA) is 98.0 Å². The summed E-state index contributed by atoms with van der Waals surface area (Å²) in [5.41, 5.74) is 0.0112. The third-order valence-electron chi connectivity index (χ3n) is 3.30. The number of aryl methyl sites for hydroxylation is 1. The Balaban J connectivity index is 1.83. The van der Waals surface area contributed by atoms with Crippen molar-refractivity contribution in [1.82, 2.24) is 5.32 Å². The molecule has 1 heterocycles. The normalized spacial score (nSPS) is 10.2. The van der Waals surface area contributed by atoms with Gasteiger partial charge in [0.2, 0.25) is 0 Å². The first kappa shape index (κ1) is 17.4. The molecule has 7 nitrogen and oxygen atoms in total. The van der Waals surface area contributed by atoms with Gasteiger partial charge in [0.05, 0.1) is 13.7 Å². The molecule has 2 N–H and O–H groups in total. The summed E-state index contributed by atoms with van der Waals surface area (Å²) in [5.74, 6) is 0.0581. The highest BCUT2D eigenvalue weighted by molar-refractivity contribution is 5.96. The van der Waals surface area contributed by atoms with Crippen LogP contribution in [0, 0.1) is 0 Å². The van der Waals surface area contributed by atoms with Crippen molar-refractivity contribution in [2.45, 2.75) is 13.3 Å². The number of carboxylic acid groups (broad SMARTS) is 1. The van der Waals surface area contributed by atoms with Crippen molar-refractivity contribution in [2.75, 3.05) is 20.3 Å². The monoisotopic (exact) mass is 333 g/mol. The van der Waals surface area contributed by atoms with E-state index >= 15 is 0 Å². The van der Waals surface area contributed by atoms with E-state index in [0.717, 1.165) is 5.75 Å². The summed E-state index contributed by atoms with van der Waals surface area (Å²) in [6.07, 6.45) is 0.398. The zero-order chi connectivity index (χ0) is 17.5. The highest BCUT2D eigenvalue weighted by Gasteiger charge is 2.19. The molecule has 1 amide bonds. The lowest BCUT2D eigenvalue weighted by Crippen LogP contribution is -2.27. The fourth-order valence-corrected chi connectivity index (χ4v) is 2.08. The van der Waals surface area contributed by atoms with Gasteiger partial charge in [-0.25, -0.2) is 4.79 Å². The van der Waals surface area contributed by atoms with E-state index < -0.39 is 11.9 Å². The van der Waals surface area contributed by atoms with Crippen molar-refractivity contribution in [2.24, 2.45) is 0 Å². The maximum atomic E-state index is 12.0. The van der Waals surface area contributed by atoms with E-state index in [0.29, 0.717) is 12.2 Å². The lowest BCUT2D eigenvalue weighted by molar-refractivity contribution is 0.0694. The van der Waals surface area contributed by atoms with E-state index in [4.69, 9.17) is 19.0 Å². The predicted molar refractivity (Wildman–Crippen MR) is 85.9 cm³/mol. The second-order valence-electron chi connectivity index (χ2n) is 4.89. The number of hydrogen-bond donors (Lipinski definition) is 2. The number of carbonyl (C=O) groups excluding carboxylic acids is 1. The second-order valence-corrected chi connectivity index (χ2v) is 4.89. The zero-order valence-electron chi connectivity index (χ0n) is 13.5. The van der Waals surface area contributed by atoms with Crippen LogP contribution in [0.15, 0.2) is 34.7 Å². The zero-order valence-corrected chi connectivity index (χ0v) is 13.5. The van der Waals surface area contributed by atoms with E-state index in [1.165, 1.54) is 6.07 Å². The van der Waals surface area contributed by atoms with Crippen molar-refractivity contribution in [3.05, 3.63) is 47.4 Å². The molecule has 0 spiro atoms. The van der Waals surface area contributed by atoms with Crippen LogP contribution in [0.1, 0.15) is 33.6 Å². The van der Waals surface area contributed by atoms with Crippen molar-refractivity contribution < 1.29 is 28.6 Å². The fraction of sp³-hybridized carbons (Fsp3) is 0.294. The Labute approximate surface area is 139 Å². The first-order valence-corrected chi connectivity index (χ1v) is 7.46. The molecule has 7 heteroatoms. The van der Waals surface area contributed by atoms with Gasteiger partial charge in [0.25, 0.3) is 5.91 Å². The first-order valence-electron chi connectivity index (χ1n) is 7.46. The average Bonchev–Trinajstić information content (AvgIpc) is 3.04. The summed E-state index contributed by atoms with van der Waals surface area (Å²) >= 11 is 0. The van der Waals surface area contributed by atoms with Gasteiger partial charge in [-0.05, 0) is 24.3 Å². The van der Waals surface area contributed by atoms with Crippen LogP contribution in [-0.2, 0) is 6.42 Å². The molecule has 0 saturated heterocycles. The maximum Gasteiger partial charge on any atom is 0.339 e. The van der Waals surface area contributed by atoms with Crippen LogP contribution in [0.5, 0.6) is 11.5 Å². The smallest absolute Gasteiger partial charge is 0.339 e. The standard InChI is InChI=1S/C17H19NO6/c1-3-14-13(17(20)21)10-15(24-14)16(19)18-8-9-23-12-6-4-11(22-2)5-7-12/h4-7,10H,3,8-9H2,1-2H3,(H,18,19)(H,20,21). The molecule has 2 aromatic rings. The number of methoxy groups -OCH3 is 1. The van der Waals surface area contributed by atoms with Gasteiger partial charge >= 0.3 is 5.97 Å². The van der Waals surface area contributed by atoms with Crippen LogP contribution in [0.25, 0.3) is 0 Å². The summed E-state index contributed by atoms with van der Waals surface area (Å²) in [5, 5.41) is 11.7. The van der Waals surface area contributed by atoms with Crippen molar-refractivity contribution in [1.29, 1.82) is 0 Å². The van der Waals surface area contributed by atoms with Crippen LogP contribution < -0.4 is 14.8 Å². The molecule has 0 aliphatic carbocycles. The molecule has 0 saturated carbocycles. The molecule has 0 bridgehead atoms. The van der Waals surface area contributed by atoms with Gasteiger partial charge in [-0.1, -0.05) is 6.92 Å². The minimum atomic E-state index is -1.11. The van der Waals surface area contributed by atoms with Gasteiger partial charge in [0.1, 0.15) is 29.4 Å². The largest absolute Gasteiger partial charge is 0.497 e. The number of ether oxygens (including phenoxy) is 2. The average molecular weight is 333 g/mol. The third kappa shape index (κ3) is 4.28. The molecular weight excluding hydrogens is 314 g/mol. The summed E-state index contributed by atoms with van der Waals surface area (Å²) in [6.45, 7) is 2.29. The predicted octanol–water partition coefficient (Wildman–Crippen LogP) is 2.36. The molecule has 1 aromatic carbocycles. The second kappa shape index (κ2) is 8.05. The van der Waals surface area contributed by atoms with Crippen molar-refractivity contribution in [3.8, 4) is 11.5 Å². The molecule has 24 heavy (non-hydrogen) atoms. The molecule has 128 valence electrons. The number of nitrogens with one attached hydrogen (secondary N) is 1. The SMILES string of the molecule is CCc1oc(C(=O)NCCOc2ccc(OC)cc2)cc1C(=O)O. The van der Waals surface area contributed by atoms with Crippen LogP contribution in [-0.4, -0.2) is 37.2 Å². The molecule has 0 fully saturated rings. The summed E-state index contributed by atoms with van der Waals surface area (Å²) < 4.78 is 15.8. The number of hydrogen-bond acceptors (Lipinski definition) is 5. The van der Waals surface area contributed by atoms with Gasteiger partial charge < -0.3 is 24.3 Å². The molecule has 1 aromatic heterocycles. The Morgan fingerprint density at radius 2 is 1.88 bits per heavy atom. The Morgan fingerprint density at radius 3 is 2.42 bits per heavy atom. The summed E-state index contributed by atoms with van der Waals surface area (Å²) in [4.78, 5) is 23.0. The van der Waals surface area contributed by atoms with Crippen LogP contribution >= 0.6 is 0 Å². The molecule has 0 aliphatic heterocycles. The highest BCUT2D eigenvalue weighted by Crippen LogP contribution is 2.17. The molecule has 0 unspecified atom stereocenters. The minimum Gasteiger partial charge on any atom is -0.497 e. The molecule has 2 rings (SSSR count). The van der Waals surface area contributed by atoms with E-state index in [2.05, 4.69) is 5.32 Å². The number of amides is 1. The highest BCUT2D eigenvalue weighted by atomic mass is 16.5. The van der Waals surface area contributed by atoms with Crippen LogP contribution in [0.4, 0.5) is 0 Å². The van der Waals surface area contributed by atoms with E-state index in [1.807, 2.05) is 0 Å². The van der Waals surface area contributed by atoms with E-state index in [9.17, 15) is 9.59 Å². The number of aromatic carboxylic acids is 1. The van der Waals surface area contributed by atoms with Gasteiger partial charge in [-0.2, -0.15) is 0 Å². The van der Waals surface area contributed by atoms with Crippen LogP contribution in [0.2, 0.25) is 0 Å². The lowest BCUT2D eigenvalue weighted by atomic mass is 10.2. The minimum absolute atomic E-state index is 0.0112. The van der Waals surface area contributed by atoms with Crippen molar-refractivity contribution in [3.63, 3.8) is 0 Å². The van der Waals surface area contributed by atoms with Gasteiger partial charge in [0.15, 0.2) is 5.76 Å². The number of carboxylic acids is 1. The number of benzene rings is 1. The van der Waals surface area contributed by atoms with Gasteiger partial charge in [-0.3, -0.25) is 4.79 Å². The Kier molecular flexibility index (Phi) is 5.83. The van der Waals surface area contributed by atoms with Gasteiger partial charge in [0, 0.05) is 12.5 Å². The fourth-order valence-electron chi connectivity index (χ4n) is 2.08. The number of furan rings is 1. The van der Waals surface area contributed by atoms with Crippen LogP contribution in [0.3, 0.4) is 0 Å². The van der Waals surface area contributed by atoms with E-state index in [-0.39, 0.29) is 30.2 Å². The summed E-state index contributed by atoms with van der Waals surface area (Å²) in [7, 11) is 1.58. The number of carbonyl (C=O) groups is 2. The molecule has 0 aliphatic rings. The Hall–Kier alpha value is -2.96. The molecule has 0 atom stereocenters. The molecular formula is C17H19NO6.